The van der Waals surface area contributed by atoms with Crippen molar-refractivity contribution in [3.05, 3.63) is 0 Å². The van der Waals surface area contributed by atoms with Gasteiger partial charge in [0.25, 0.3) is 10.1 Å². The molecule has 1 saturated heterocycles. The molecule has 1 aliphatic rings. The van der Waals surface area contributed by atoms with E-state index in [4.69, 9.17) is 14.0 Å². The first-order valence-electron chi connectivity index (χ1n) is 8.99. The Morgan fingerprint density at radius 1 is 1.26 bits per heavy atom. The zero-order chi connectivity index (χ0) is 20.8. The molecule has 0 spiro atoms. The van der Waals surface area contributed by atoms with Crippen LogP contribution in [0, 0.1) is 5.41 Å². The van der Waals surface area contributed by atoms with E-state index in [1.165, 1.54) is 6.92 Å². The van der Waals surface area contributed by atoms with Crippen molar-refractivity contribution in [3.63, 3.8) is 0 Å². The van der Waals surface area contributed by atoms with Crippen molar-refractivity contribution >= 4 is 28.0 Å². The summed E-state index contributed by atoms with van der Waals surface area (Å²) in [6.45, 7) is 6.57. The Kier molecular flexibility index (Phi) is 8.22. The van der Waals surface area contributed by atoms with Gasteiger partial charge in [-0.15, -0.1) is 0 Å². The average molecular weight is 407 g/mol. The van der Waals surface area contributed by atoms with Crippen LogP contribution in [0.1, 0.15) is 59.8 Å². The highest BCUT2D eigenvalue weighted by atomic mass is 32.2. The van der Waals surface area contributed by atoms with Crippen LogP contribution in [-0.4, -0.2) is 54.8 Å². The van der Waals surface area contributed by atoms with Crippen molar-refractivity contribution in [1.29, 1.82) is 0 Å². The van der Waals surface area contributed by atoms with Crippen LogP contribution in [0.5, 0.6) is 0 Å². The van der Waals surface area contributed by atoms with E-state index in [0.717, 1.165) is 12.8 Å². The van der Waals surface area contributed by atoms with Gasteiger partial charge >= 0.3 is 11.9 Å². The highest BCUT2D eigenvalue weighted by molar-refractivity contribution is 7.85. The minimum atomic E-state index is -4.20. The summed E-state index contributed by atoms with van der Waals surface area (Å²) in [6, 6.07) is -0.635. The maximum Gasteiger partial charge on any atom is 0.348 e. The highest BCUT2D eigenvalue weighted by Crippen LogP contribution is 2.34. The summed E-state index contributed by atoms with van der Waals surface area (Å²) in [6.07, 6.45) is 0.00630. The molecule has 1 heterocycles. The summed E-state index contributed by atoms with van der Waals surface area (Å²) >= 11 is 0. The maximum atomic E-state index is 12.4. The molecule has 0 radical (unpaired) electrons. The van der Waals surface area contributed by atoms with E-state index in [1.807, 2.05) is 6.92 Å². The standard InChI is InChI=1S/C17H29NO8S/c1-5-6-7-13-15(20)26-14(16(21)25-13)17(3,4)10-12(18-11(2)19)8-9-27(22,23)24/h12-14H,5-10H2,1-4H3,(H,18,19)(H,22,23,24)/t12?,13?,14-/m0/s1. The number of hydrogen-bond donors (Lipinski definition) is 2. The van der Waals surface area contributed by atoms with Gasteiger partial charge in [-0.25, -0.2) is 9.59 Å². The smallest absolute Gasteiger partial charge is 0.348 e. The van der Waals surface area contributed by atoms with Gasteiger partial charge in [-0.1, -0.05) is 27.2 Å². The third-order valence-electron chi connectivity index (χ3n) is 4.40. The first kappa shape index (κ1) is 23.4. The van der Waals surface area contributed by atoms with Crippen molar-refractivity contribution in [2.24, 2.45) is 5.41 Å². The fraction of sp³-hybridized carbons (Fsp3) is 0.824. The molecule has 27 heavy (non-hydrogen) atoms. The van der Waals surface area contributed by atoms with Crippen molar-refractivity contribution in [3.8, 4) is 0 Å². The van der Waals surface area contributed by atoms with Crippen LogP contribution in [0.25, 0.3) is 0 Å². The van der Waals surface area contributed by atoms with Crippen molar-refractivity contribution in [1.82, 2.24) is 5.32 Å². The molecule has 9 nitrogen and oxygen atoms in total. The number of cyclic esters (lactones) is 2. The fourth-order valence-electron chi connectivity index (χ4n) is 3.08. The number of nitrogens with one attached hydrogen (secondary N) is 1. The van der Waals surface area contributed by atoms with Crippen LogP contribution in [0.3, 0.4) is 0 Å². The van der Waals surface area contributed by atoms with Gasteiger partial charge in [-0.3, -0.25) is 9.35 Å². The molecule has 0 aromatic heterocycles. The minimum absolute atomic E-state index is 0.0450. The molecule has 10 heteroatoms. The van der Waals surface area contributed by atoms with Gasteiger partial charge in [-0.2, -0.15) is 8.42 Å². The van der Waals surface area contributed by atoms with Gasteiger partial charge in [0.2, 0.25) is 12.0 Å². The van der Waals surface area contributed by atoms with Crippen molar-refractivity contribution in [2.45, 2.75) is 78.0 Å². The average Bonchev–Trinajstić information content (AvgIpc) is 2.51. The SMILES string of the molecule is CCCCC1OC(=O)[C@@H](C(C)(C)CC(CCS(=O)(=O)O)NC(C)=O)OC1=O. The molecule has 1 amide bonds. The third kappa shape index (κ3) is 7.84. The molecule has 2 N–H and O–H groups in total. The molecule has 0 aliphatic carbocycles. The van der Waals surface area contributed by atoms with Crippen LogP contribution >= 0.6 is 0 Å². The second-order valence-electron chi connectivity index (χ2n) is 7.55. The number of carbonyl (C=O) groups excluding carboxylic acids is 3. The Labute approximate surface area is 159 Å². The molecule has 0 aromatic carbocycles. The number of carbonyl (C=O) groups is 3. The van der Waals surface area contributed by atoms with E-state index >= 15 is 0 Å². The molecular weight excluding hydrogens is 378 g/mol. The number of unbranched alkanes of at least 4 members (excludes halogenated alkanes) is 1. The van der Waals surface area contributed by atoms with Gasteiger partial charge in [0, 0.05) is 18.4 Å². The Bertz CT molecular complexity index is 658. The molecule has 2 unspecified atom stereocenters. The predicted octanol–water partition coefficient (Wildman–Crippen LogP) is 1.21. The number of esters is 2. The molecular formula is C17H29NO8S. The molecule has 156 valence electrons. The fourth-order valence-corrected chi connectivity index (χ4v) is 3.66. The first-order valence-corrected chi connectivity index (χ1v) is 10.6. The number of ether oxygens (including phenoxy) is 2. The zero-order valence-electron chi connectivity index (χ0n) is 16.2. The molecule has 1 fully saturated rings. The van der Waals surface area contributed by atoms with E-state index in [-0.39, 0.29) is 18.7 Å². The van der Waals surface area contributed by atoms with Crippen molar-refractivity contribution in [2.75, 3.05) is 5.75 Å². The monoisotopic (exact) mass is 407 g/mol. The number of amides is 1. The van der Waals surface area contributed by atoms with Gasteiger partial charge in [0.15, 0.2) is 6.10 Å². The maximum absolute atomic E-state index is 12.4. The zero-order valence-corrected chi connectivity index (χ0v) is 17.0. The van der Waals surface area contributed by atoms with Gasteiger partial charge in [0.1, 0.15) is 0 Å². The summed E-state index contributed by atoms with van der Waals surface area (Å²) in [7, 11) is -4.20. The lowest BCUT2D eigenvalue weighted by atomic mass is 9.79. The summed E-state index contributed by atoms with van der Waals surface area (Å²) in [5.41, 5.74) is -0.922. The Hall–Kier alpha value is -1.68. The minimum Gasteiger partial charge on any atom is -0.448 e. The highest BCUT2D eigenvalue weighted by Gasteiger charge is 2.47. The second kappa shape index (κ2) is 9.50. The number of hydrogen-bond acceptors (Lipinski definition) is 7. The molecule has 0 saturated carbocycles. The molecule has 0 bridgehead atoms. The van der Waals surface area contributed by atoms with E-state index < -0.39 is 51.5 Å². The van der Waals surface area contributed by atoms with Gasteiger partial charge in [-0.05, 0) is 25.7 Å². The Morgan fingerprint density at radius 3 is 2.41 bits per heavy atom. The Morgan fingerprint density at radius 2 is 1.89 bits per heavy atom. The van der Waals surface area contributed by atoms with Crippen LogP contribution in [-0.2, 0) is 34.0 Å². The second-order valence-corrected chi connectivity index (χ2v) is 9.12. The van der Waals surface area contributed by atoms with Crippen LogP contribution in [0.15, 0.2) is 0 Å². The topological polar surface area (TPSA) is 136 Å². The quantitative estimate of drug-likeness (QED) is 0.407. The number of rotatable bonds is 10. The first-order chi connectivity index (χ1) is 12.4. The third-order valence-corrected chi connectivity index (χ3v) is 5.15. The lowest BCUT2D eigenvalue weighted by molar-refractivity contribution is -0.204. The van der Waals surface area contributed by atoms with E-state index in [9.17, 15) is 22.8 Å². The van der Waals surface area contributed by atoms with E-state index in [2.05, 4.69) is 5.32 Å². The Balaban J connectivity index is 2.84. The lowest BCUT2D eigenvalue weighted by Gasteiger charge is -2.38. The van der Waals surface area contributed by atoms with Gasteiger partial charge in [0.05, 0.1) is 5.75 Å². The largest absolute Gasteiger partial charge is 0.448 e. The van der Waals surface area contributed by atoms with E-state index in [1.54, 1.807) is 13.8 Å². The molecule has 0 aromatic rings. The summed E-state index contributed by atoms with van der Waals surface area (Å²) in [5, 5.41) is 2.60. The van der Waals surface area contributed by atoms with Crippen LogP contribution in [0.2, 0.25) is 0 Å². The van der Waals surface area contributed by atoms with Crippen molar-refractivity contribution < 1.29 is 36.8 Å². The molecule has 1 rings (SSSR count). The molecule has 1 aliphatic heterocycles. The summed E-state index contributed by atoms with van der Waals surface area (Å²) < 4.78 is 41.5. The summed E-state index contributed by atoms with van der Waals surface area (Å²) in [5.74, 6) is -2.18. The van der Waals surface area contributed by atoms with Crippen LogP contribution < -0.4 is 5.32 Å². The summed E-state index contributed by atoms with van der Waals surface area (Å²) in [4.78, 5) is 35.9. The van der Waals surface area contributed by atoms with E-state index in [0.29, 0.717) is 6.42 Å². The normalized spacial score (nSPS) is 22.0. The van der Waals surface area contributed by atoms with Gasteiger partial charge < -0.3 is 14.8 Å². The lowest BCUT2D eigenvalue weighted by Crippen LogP contribution is -2.52. The molecule has 3 atom stereocenters. The predicted molar refractivity (Wildman–Crippen MR) is 96.3 cm³/mol. The van der Waals surface area contributed by atoms with Crippen LogP contribution in [0.4, 0.5) is 0 Å².